The second-order valence-corrected chi connectivity index (χ2v) is 7.36. The van der Waals surface area contributed by atoms with Gasteiger partial charge in [-0.25, -0.2) is 14.4 Å². The number of halogens is 2. The highest BCUT2D eigenvalue weighted by molar-refractivity contribution is 6.31. The monoisotopic (exact) mass is 390 g/mol. The standard InChI is InChI=1S/C19H20ClFN4O2/c20-14-2-1-3-15(21)13(14)10-16(26)25-7-5-19(6-8-25)17-12(4-9-27-19)11-23-18(22)24-17/h1-3,11H,4-10H2,(H2,22,23,24). The molecule has 1 saturated heterocycles. The summed E-state index contributed by atoms with van der Waals surface area (Å²) in [6.07, 6.45) is 3.71. The van der Waals surface area contributed by atoms with E-state index < -0.39 is 11.4 Å². The van der Waals surface area contributed by atoms with Crippen LogP contribution < -0.4 is 5.73 Å². The van der Waals surface area contributed by atoms with Gasteiger partial charge in [-0.05, 0) is 37.0 Å². The van der Waals surface area contributed by atoms with Crippen molar-refractivity contribution in [2.24, 2.45) is 0 Å². The third kappa shape index (κ3) is 3.37. The zero-order chi connectivity index (χ0) is 19.0. The highest BCUT2D eigenvalue weighted by Gasteiger charge is 2.43. The lowest BCUT2D eigenvalue weighted by Gasteiger charge is -2.44. The van der Waals surface area contributed by atoms with Gasteiger partial charge in [0.2, 0.25) is 11.9 Å². The Morgan fingerprint density at radius 3 is 2.89 bits per heavy atom. The molecule has 0 unspecified atom stereocenters. The molecule has 4 rings (SSSR count). The first-order valence-corrected chi connectivity index (χ1v) is 9.33. The molecule has 0 atom stereocenters. The molecule has 6 nitrogen and oxygen atoms in total. The Bertz CT molecular complexity index is 864. The lowest BCUT2D eigenvalue weighted by Crippen LogP contribution is -2.49. The minimum Gasteiger partial charge on any atom is -0.368 e. The number of carbonyl (C=O) groups excluding carboxylic acids is 1. The first-order valence-electron chi connectivity index (χ1n) is 8.95. The van der Waals surface area contributed by atoms with Crippen molar-refractivity contribution >= 4 is 23.5 Å². The number of hydrogen-bond acceptors (Lipinski definition) is 5. The predicted molar refractivity (Wildman–Crippen MR) is 98.7 cm³/mol. The van der Waals surface area contributed by atoms with Gasteiger partial charge in [0.05, 0.1) is 18.7 Å². The summed E-state index contributed by atoms with van der Waals surface area (Å²) in [5.74, 6) is -0.373. The Balaban J connectivity index is 1.48. The quantitative estimate of drug-likeness (QED) is 0.852. The summed E-state index contributed by atoms with van der Waals surface area (Å²) >= 11 is 6.04. The first-order chi connectivity index (χ1) is 13.0. The maximum Gasteiger partial charge on any atom is 0.227 e. The van der Waals surface area contributed by atoms with Crippen LogP contribution in [0.1, 0.15) is 29.7 Å². The van der Waals surface area contributed by atoms with Gasteiger partial charge in [0.1, 0.15) is 11.4 Å². The normalized spacial score (nSPS) is 18.4. The molecule has 1 aromatic carbocycles. The summed E-state index contributed by atoms with van der Waals surface area (Å²) in [6.45, 7) is 1.61. The molecular weight excluding hydrogens is 371 g/mol. The molecule has 0 bridgehead atoms. The van der Waals surface area contributed by atoms with E-state index in [4.69, 9.17) is 22.1 Å². The van der Waals surface area contributed by atoms with E-state index in [-0.39, 0.29) is 28.9 Å². The zero-order valence-electron chi connectivity index (χ0n) is 14.8. The number of benzene rings is 1. The number of carbonyl (C=O) groups is 1. The van der Waals surface area contributed by atoms with Crippen LogP contribution in [-0.2, 0) is 28.0 Å². The van der Waals surface area contributed by atoms with Crippen molar-refractivity contribution < 1.29 is 13.9 Å². The van der Waals surface area contributed by atoms with Crippen LogP contribution in [0, 0.1) is 5.82 Å². The Kier molecular flexibility index (Phi) is 4.74. The number of nitrogens with two attached hydrogens (primary N) is 1. The average molecular weight is 391 g/mol. The average Bonchev–Trinajstić information content (AvgIpc) is 2.66. The molecule has 27 heavy (non-hydrogen) atoms. The maximum atomic E-state index is 14.0. The topological polar surface area (TPSA) is 81.3 Å². The van der Waals surface area contributed by atoms with Crippen LogP contribution in [0.4, 0.5) is 10.3 Å². The first kappa shape index (κ1) is 18.1. The Morgan fingerprint density at radius 1 is 1.37 bits per heavy atom. The fourth-order valence-corrected chi connectivity index (χ4v) is 4.12. The molecule has 2 aliphatic heterocycles. The summed E-state index contributed by atoms with van der Waals surface area (Å²) < 4.78 is 20.1. The van der Waals surface area contributed by atoms with Crippen LogP contribution in [0.15, 0.2) is 24.4 Å². The molecule has 3 heterocycles. The van der Waals surface area contributed by atoms with Gasteiger partial charge in [-0.1, -0.05) is 17.7 Å². The molecule has 0 aliphatic carbocycles. The fraction of sp³-hybridized carbons (Fsp3) is 0.421. The van der Waals surface area contributed by atoms with Crippen molar-refractivity contribution in [2.45, 2.75) is 31.3 Å². The Labute approximate surface area is 161 Å². The molecular formula is C19H20ClFN4O2. The number of anilines is 1. The SMILES string of the molecule is Nc1ncc2c(n1)C1(CCN(C(=O)Cc3c(F)cccc3Cl)CC1)OCC2. The molecule has 0 radical (unpaired) electrons. The zero-order valence-corrected chi connectivity index (χ0v) is 15.5. The fourth-order valence-electron chi connectivity index (χ4n) is 3.89. The number of fused-ring (bicyclic) bond motifs is 2. The van der Waals surface area contributed by atoms with Crippen molar-refractivity contribution in [1.82, 2.24) is 14.9 Å². The Morgan fingerprint density at radius 2 is 2.15 bits per heavy atom. The van der Waals surface area contributed by atoms with Crippen molar-refractivity contribution in [3.63, 3.8) is 0 Å². The van der Waals surface area contributed by atoms with Crippen molar-refractivity contribution in [1.29, 1.82) is 0 Å². The van der Waals surface area contributed by atoms with Gasteiger partial charge < -0.3 is 15.4 Å². The third-order valence-corrected chi connectivity index (χ3v) is 5.73. The molecule has 1 spiro atoms. The number of rotatable bonds is 2. The van der Waals surface area contributed by atoms with E-state index in [0.717, 1.165) is 17.7 Å². The number of hydrogen-bond donors (Lipinski definition) is 1. The van der Waals surface area contributed by atoms with E-state index >= 15 is 0 Å². The van der Waals surface area contributed by atoms with Gasteiger partial charge in [0.25, 0.3) is 0 Å². The second kappa shape index (κ2) is 7.05. The van der Waals surface area contributed by atoms with Crippen LogP contribution in [0.5, 0.6) is 0 Å². The molecule has 2 aliphatic rings. The number of aromatic nitrogens is 2. The van der Waals surface area contributed by atoms with Gasteiger partial charge in [-0.3, -0.25) is 4.79 Å². The molecule has 8 heteroatoms. The molecule has 1 amide bonds. The molecule has 142 valence electrons. The van der Waals surface area contributed by atoms with Crippen molar-refractivity contribution in [3.05, 3.63) is 52.1 Å². The summed E-state index contributed by atoms with van der Waals surface area (Å²) in [4.78, 5) is 22.9. The largest absolute Gasteiger partial charge is 0.368 e. The van der Waals surface area contributed by atoms with Crippen molar-refractivity contribution in [3.8, 4) is 0 Å². The minimum atomic E-state index is -0.531. The van der Waals surface area contributed by atoms with E-state index in [1.54, 1.807) is 17.2 Å². The molecule has 1 fully saturated rings. The lowest BCUT2D eigenvalue weighted by molar-refractivity contribution is -0.140. The van der Waals surface area contributed by atoms with E-state index in [2.05, 4.69) is 9.97 Å². The Hall–Kier alpha value is -2.25. The van der Waals surface area contributed by atoms with E-state index in [9.17, 15) is 9.18 Å². The summed E-state index contributed by atoms with van der Waals surface area (Å²) in [5, 5.41) is 0.272. The molecule has 0 saturated carbocycles. The van der Waals surface area contributed by atoms with Crippen molar-refractivity contribution in [2.75, 3.05) is 25.4 Å². The van der Waals surface area contributed by atoms with Crippen LogP contribution in [0.3, 0.4) is 0 Å². The van der Waals surface area contributed by atoms with Gasteiger partial charge in [-0.15, -0.1) is 0 Å². The predicted octanol–water partition coefficient (Wildman–Crippen LogP) is 2.48. The number of piperidine rings is 1. The van der Waals surface area contributed by atoms with Gasteiger partial charge in [0, 0.05) is 29.9 Å². The van der Waals surface area contributed by atoms with Gasteiger partial charge in [-0.2, -0.15) is 0 Å². The lowest BCUT2D eigenvalue weighted by atomic mass is 9.83. The molecule has 2 N–H and O–H groups in total. The van der Waals surface area contributed by atoms with Crippen LogP contribution in [0.2, 0.25) is 5.02 Å². The highest BCUT2D eigenvalue weighted by atomic mass is 35.5. The second-order valence-electron chi connectivity index (χ2n) is 6.95. The smallest absolute Gasteiger partial charge is 0.227 e. The summed E-state index contributed by atoms with van der Waals surface area (Å²) in [7, 11) is 0. The number of nitrogens with zero attached hydrogens (tertiary/aromatic N) is 3. The maximum absolute atomic E-state index is 14.0. The van der Waals surface area contributed by atoms with Crippen LogP contribution in [-0.4, -0.2) is 40.5 Å². The minimum absolute atomic E-state index is 0.0505. The van der Waals surface area contributed by atoms with Gasteiger partial charge in [0.15, 0.2) is 0 Å². The van der Waals surface area contributed by atoms with E-state index in [1.165, 1.54) is 12.1 Å². The molecule has 2 aromatic rings. The van der Waals surface area contributed by atoms with E-state index in [1.807, 2.05) is 0 Å². The summed E-state index contributed by atoms with van der Waals surface area (Å²) in [5.41, 5.74) is 7.37. The van der Waals surface area contributed by atoms with Gasteiger partial charge >= 0.3 is 0 Å². The molecule has 1 aromatic heterocycles. The van der Waals surface area contributed by atoms with Crippen LogP contribution in [0.25, 0.3) is 0 Å². The van der Waals surface area contributed by atoms with E-state index in [0.29, 0.717) is 32.5 Å². The summed E-state index contributed by atoms with van der Waals surface area (Å²) in [6, 6.07) is 4.44. The number of amides is 1. The number of nitrogen functional groups attached to an aromatic ring is 1. The number of ether oxygens (including phenoxy) is 1. The third-order valence-electron chi connectivity index (χ3n) is 5.38. The highest BCUT2D eigenvalue weighted by Crippen LogP contribution is 2.40. The number of likely N-dealkylation sites (tertiary alicyclic amines) is 1. The van der Waals surface area contributed by atoms with Crippen LogP contribution >= 0.6 is 11.6 Å².